The Bertz CT molecular complexity index is 1130. The van der Waals surface area contributed by atoms with Crippen LogP contribution < -0.4 is 4.90 Å². The summed E-state index contributed by atoms with van der Waals surface area (Å²) in [5.74, 6) is -3.65. The molecule has 9 nitrogen and oxygen atoms in total. The zero-order chi connectivity index (χ0) is 27.2. The standard InChI is InChI=1S/C22H24F3N3O2S.C2H2O4/c1-30-21(29)27-13-11-26(12-14-27)9-4-10-28-17-5-2-3-6-19(17)31-20-8-7-16(15-18(20)28)22(23,24)25;3-1(4)2(5)6/h2-3,5-8,15H,4,9-14H2,1H3;(H,3,4)(H,5,6). The molecule has 0 aromatic heterocycles. The third kappa shape index (κ3) is 7.29. The van der Waals surface area contributed by atoms with Crippen LogP contribution in [0.3, 0.4) is 0 Å². The number of anilines is 2. The summed E-state index contributed by atoms with van der Waals surface area (Å²) in [6.07, 6.45) is -3.88. The molecule has 2 aliphatic heterocycles. The lowest BCUT2D eigenvalue weighted by atomic mass is 10.1. The molecule has 37 heavy (non-hydrogen) atoms. The van der Waals surface area contributed by atoms with Crippen LogP contribution in [0.4, 0.5) is 29.3 Å². The molecule has 1 fully saturated rings. The second-order valence-electron chi connectivity index (χ2n) is 8.16. The first-order chi connectivity index (χ1) is 17.5. The number of carbonyl (C=O) groups excluding carboxylic acids is 1. The minimum atomic E-state index is -4.37. The highest BCUT2D eigenvalue weighted by atomic mass is 32.2. The van der Waals surface area contributed by atoms with E-state index in [0.29, 0.717) is 25.3 Å². The van der Waals surface area contributed by atoms with E-state index in [4.69, 9.17) is 24.5 Å². The summed E-state index contributed by atoms with van der Waals surface area (Å²) in [5.41, 5.74) is 0.916. The number of carboxylic acids is 2. The highest BCUT2D eigenvalue weighted by Crippen LogP contribution is 2.49. The van der Waals surface area contributed by atoms with Gasteiger partial charge >= 0.3 is 24.2 Å². The molecule has 0 saturated carbocycles. The molecule has 0 bridgehead atoms. The van der Waals surface area contributed by atoms with E-state index < -0.39 is 23.7 Å². The van der Waals surface area contributed by atoms with Gasteiger partial charge in [-0.2, -0.15) is 13.2 Å². The lowest BCUT2D eigenvalue weighted by Crippen LogP contribution is -2.49. The number of benzene rings is 2. The molecule has 1 amide bonds. The van der Waals surface area contributed by atoms with Gasteiger partial charge < -0.3 is 24.7 Å². The van der Waals surface area contributed by atoms with Gasteiger partial charge in [0.25, 0.3) is 0 Å². The van der Waals surface area contributed by atoms with Crippen LogP contribution in [0.2, 0.25) is 0 Å². The zero-order valence-corrected chi connectivity index (χ0v) is 20.7. The predicted octanol–water partition coefficient (Wildman–Crippen LogP) is 4.24. The van der Waals surface area contributed by atoms with Crippen molar-refractivity contribution < 1.29 is 42.5 Å². The first kappa shape index (κ1) is 28.1. The molecule has 2 aromatic carbocycles. The van der Waals surface area contributed by atoms with Crippen LogP contribution in [0.5, 0.6) is 0 Å². The van der Waals surface area contributed by atoms with Gasteiger partial charge in [0.15, 0.2) is 0 Å². The molecule has 0 spiro atoms. The van der Waals surface area contributed by atoms with Crippen LogP contribution in [0, 0.1) is 0 Å². The Labute approximate surface area is 215 Å². The van der Waals surface area contributed by atoms with Crippen molar-refractivity contribution in [1.29, 1.82) is 0 Å². The van der Waals surface area contributed by atoms with Crippen LogP contribution in [-0.4, -0.2) is 84.4 Å². The molecule has 13 heteroatoms. The van der Waals surface area contributed by atoms with Crippen molar-refractivity contribution in [2.45, 2.75) is 22.4 Å². The molecule has 0 aliphatic carbocycles. The van der Waals surface area contributed by atoms with Crippen LogP contribution in [0.15, 0.2) is 52.3 Å². The van der Waals surface area contributed by atoms with Crippen molar-refractivity contribution >= 4 is 41.2 Å². The SMILES string of the molecule is COC(=O)N1CCN(CCCN2c3ccccc3Sc3ccc(C(F)(F)F)cc32)CC1.O=C(O)C(=O)O. The number of rotatable bonds is 4. The van der Waals surface area contributed by atoms with Gasteiger partial charge in [0.05, 0.1) is 24.0 Å². The van der Waals surface area contributed by atoms with Gasteiger partial charge in [0, 0.05) is 42.5 Å². The second kappa shape index (κ2) is 12.2. The van der Waals surface area contributed by atoms with E-state index in [9.17, 15) is 18.0 Å². The number of aliphatic carboxylic acids is 2. The molecule has 0 unspecified atom stereocenters. The first-order valence-corrected chi connectivity index (χ1v) is 12.1. The lowest BCUT2D eigenvalue weighted by molar-refractivity contribution is -0.159. The third-order valence-corrected chi connectivity index (χ3v) is 6.93. The third-order valence-electron chi connectivity index (χ3n) is 5.80. The molecule has 0 radical (unpaired) electrons. The highest BCUT2D eigenvalue weighted by Gasteiger charge is 2.33. The number of carbonyl (C=O) groups is 3. The minimum absolute atomic E-state index is 0.306. The summed E-state index contributed by atoms with van der Waals surface area (Å²) < 4.78 is 44.7. The number of piperazine rings is 1. The van der Waals surface area contributed by atoms with Crippen LogP contribution >= 0.6 is 11.8 Å². The molecule has 2 aliphatic rings. The van der Waals surface area contributed by atoms with E-state index >= 15 is 0 Å². The number of para-hydroxylation sites is 1. The van der Waals surface area contributed by atoms with Crippen molar-refractivity contribution in [3.63, 3.8) is 0 Å². The monoisotopic (exact) mass is 541 g/mol. The number of nitrogens with zero attached hydrogens (tertiary/aromatic N) is 3. The summed E-state index contributed by atoms with van der Waals surface area (Å²) in [7, 11) is 1.38. The molecule has 4 rings (SSSR count). The number of hydrogen-bond acceptors (Lipinski definition) is 7. The summed E-state index contributed by atoms with van der Waals surface area (Å²) in [4.78, 5) is 37.7. The predicted molar refractivity (Wildman–Crippen MR) is 129 cm³/mol. The number of halogens is 3. The smallest absolute Gasteiger partial charge is 0.416 e. The van der Waals surface area contributed by atoms with Gasteiger partial charge in [-0.15, -0.1) is 0 Å². The number of fused-ring (bicyclic) bond motifs is 2. The normalized spacial score (nSPS) is 15.1. The number of methoxy groups -OCH3 is 1. The Morgan fingerprint density at radius 1 is 0.919 bits per heavy atom. The van der Waals surface area contributed by atoms with Gasteiger partial charge in [0.1, 0.15) is 0 Å². The van der Waals surface area contributed by atoms with Crippen LogP contribution in [0.25, 0.3) is 0 Å². The summed E-state index contributed by atoms with van der Waals surface area (Å²) in [6.45, 7) is 4.19. The van der Waals surface area contributed by atoms with E-state index in [1.165, 1.54) is 24.9 Å². The Hall–Kier alpha value is -3.45. The fourth-order valence-electron chi connectivity index (χ4n) is 3.98. The van der Waals surface area contributed by atoms with E-state index in [1.54, 1.807) is 11.0 Å². The second-order valence-corrected chi connectivity index (χ2v) is 9.25. The fourth-order valence-corrected chi connectivity index (χ4v) is 5.06. The number of carboxylic acid groups (broad SMARTS) is 2. The van der Waals surface area contributed by atoms with Crippen LogP contribution in [0.1, 0.15) is 12.0 Å². The number of hydrogen-bond donors (Lipinski definition) is 2. The number of ether oxygens (including phenoxy) is 1. The average molecular weight is 542 g/mol. The Kier molecular flexibility index (Phi) is 9.27. The molecule has 1 saturated heterocycles. The largest absolute Gasteiger partial charge is 0.473 e. The zero-order valence-electron chi connectivity index (χ0n) is 19.9. The maximum Gasteiger partial charge on any atom is 0.416 e. The molecular weight excluding hydrogens is 515 g/mol. The number of alkyl halides is 3. The summed E-state index contributed by atoms with van der Waals surface area (Å²) >= 11 is 1.50. The molecule has 2 aromatic rings. The molecule has 200 valence electrons. The van der Waals surface area contributed by atoms with Gasteiger partial charge in [-0.25, -0.2) is 14.4 Å². The van der Waals surface area contributed by atoms with Crippen molar-refractivity contribution in [1.82, 2.24) is 9.80 Å². The molecule has 2 N–H and O–H groups in total. The molecular formula is C24H26F3N3O6S. The fraction of sp³-hybridized carbons (Fsp3) is 0.375. The lowest BCUT2D eigenvalue weighted by Gasteiger charge is -2.36. The average Bonchev–Trinajstić information content (AvgIpc) is 2.87. The van der Waals surface area contributed by atoms with E-state index in [2.05, 4.69) is 4.90 Å². The molecule has 2 heterocycles. The van der Waals surface area contributed by atoms with Crippen molar-refractivity contribution in [2.24, 2.45) is 0 Å². The molecule has 0 atom stereocenters. The van der Waals surface area contributed by atoms with E-state index in [1.807, 2.05) is 29.2 Å². The van der Waals surface area contributed by atoms with Crippen LogP contribution in [-0.2, 0) is 20.5 Å². The van der Waals surface area contributed by atoms with E-state index in [-0.39, 0.29) is 6.09 Å². The van der Waals surface area contributed by atoms with Gasteiger partial charge in [0.2, 0.25) is 0 Å². The summed E-state index contributed by atoms with van der Waals surface area (Å²) in [5, 5.41) is 14.8. The van der Waals surface area contributed by atoms with Crippen molar-refractivity contribution in [2.75, 3.05) is 51.3 Å². The highest BCUT2D eigenvalue weighted by molar-refractivity contribution is 7.99. The summed E-state index contributed by atoms with van der Waals surface area (Å²) in [6, 6.07) is 11.8. The Balaban J connectivity index is 0.000000568. The van der Waals surface area contributed by atoms with Gasteiger partial charge in [-0.3, -0.25) is 4.90 Å². The van der Waals surface area contributed by atoms with E-state index in [0.717, 1.165) is 47.6 Å². The first-order valence-electron chi connectivity index (χ1n) is 11.3. The Morgan fingerprint density at radius 3 is 2.14 bits per heavy atom. The Morgan fingerprint density at radius 2 is 1.54 bits per heavy atom. The number of amides is 1. The maximum atomic E-state index is 13.3. The van der Waals surface area contributed by atoms with Crippen molar-refractivity contribution in [3.05, 3.63) is 48.0 Å². The maximum absolute atomic E-state index is 13.3. The van der Waals surface area contributed by atoms with Gasteiger partial charge in [-0.05, 0) is 43.3 Å². The quantitative estimate of drug-likeness (QED) is 0.549. The minimum Gasteiger partial charge on any atom is -0.473 e. The van der Waals surface area contributed by atoms with Crippen molar-refractivity contribution in [3.8, 4) is 0 Å². The topological polar surface area (TPSA) is 111 Å². The van der Waals surface area contributed by atoms with Gasteiger partial charge in [-0.1, -0.05) is 23.9 Å².